The first-order valence-corrected chi connectivity index (χ1v) is 7.69. The summed E-state index contributed by atoms with van der Waals surface area (Å²) in [4.78, 5) is 11.8. The van der Waals surface area contributed by atoms with Crippen molar-refractivity contribution in [2.24, 2.45) is 0 Å². The molecule has 2 N–H and O–H groups in total. The van der Waals surface area contributed by atoms with E-state index in [-0.39, 0.29) is 5.57 Å². The molecule has 0 bridgehead atoms. The van der Waals surface area contributed by atoms with Crippen LogP contribution in [0.4, 0.5) is 5.69 Å². The van der Waals surface area contributed by atoms with Gasteiger partial charge in [-0.15, -0.1) is 0 Å². The second-order valence-electron chi connectivity index (χ2n) is 4.59. The Morgan fingerprint density at radius 3 is 2.58 bits per heavy atom. The van der Waals surface area contributed by atoms with Gasteiger partial charge in [-0.05, 0) is 26.0 Å². The molecule has 7 heteroatoms. The molecule has 0 spiro atoms. The van der Waals surface area contributed by atoms with Crippen LogP contribution in [-0.2, 0) is 9.53 Å². The summed E-state index contributed by atoms with van der Waals surface area (Å²) in [6.07, 6.45) is 1.35. The van der Waals surface area contributed by atoms with E-state index in [1.807, 2.05) is 19.9 Å². The fraction of sp³-hybridized carbons (Fsp3) is 0.412. The van der Waals surface area contributed by atoms with E-state index >= 15 is 0 Å². The van der Waals surface area contributed by atoms with Crippen molar-refractivity contribution in [1.82, 2.24) is 5.32 Å². The number of rotatable bonds is 10. The number of amides is 1. The highest BCUT2D eigenvalue weighted by atomic mass is 16.5. The van der Waals surface area contributed by atoms with E-state index in [2.05, 4.69) is 10.6 Å². The third kappa shape index (κ3) is 6.18. The number of benzene rings is 1. The van der Waals surface area contributed by atoms with Gasteiger partial charge in [0.1, 0.15) is 11.6 Å². The Hall–Kier alpha value is -2.72. The molecular formula is C17H23N3O4. The zero-order valence-corrected chi connectivity index (χ0v) is 14.2. The minimum Gasteiger partial charge on any atom is -0.490 e. The fourth-order valence-corrected chi connectivity index (χ4v) is 1.81. The summed E-state index contributed by atoms with van der Waals surface area (Å²) >= 11 is 0. The molecule has 0 saturated carbocycles. The van der Waals surface area contributed by atoms with Crippen molar-refractivity contribution in [1.29, 1.82) is 5.26 Å². The van der Waals surface area contributed by atoms with E-state index in [0.29, 0.717) is 43.6 Å². The van der Waals surface area contributed by atoms with Gasteiger partial charge < -0.3 is 24.8 Å². The molecule has 0 aromatic heterocycles. The lowest BCUT2D eigenvalue weighted by Crippen LogP contribution is -2.28. The number of nitriles is 1. The molecule has 1 rings (SSSR count). The number of nitrogens with one attached hydrogen (secondary N) is 2. The van der Waals surface area contributed by atoms with Crippen LogP contribution in [0.2, 0.25) is 0 Å². The lowest BCUT2D eigenvalue weighted by molar-refractivity contribution is -0.117. The molecule has 0 atom stereocenters. The van der Waals surface area contributed by atoms with Gasteiger partial charge in [0.2, 0.25) is 0 Å². The number of carbonyl (C=O) groups excluding carboxylic acids is 1. The third-order valence-corrected chi connectivity index (χ3v) is 2.88. The van der Waals surface area contributed by atoms with E-state index in [4.69, 9.17) is 19.5 Å². The predicted molar refractivity (Wildman–Crippen MR) is 91.0 cm³/mol. The molecule has 0 heterocycles. The maximum absolute atomic E-state index is 11.8. The summed E-state index contributed by atoms with van der Waals surface area (Å²) in [5.41, 5.74) is 0.650. The summed E-state index contributed by atoms with van der Waals surface area (Å²) < 4.78 is 15.9. The molecule has 1 aromatic carbocycles. The van der Waals surface area contributed by atoms with Gasteiger partial charge in [0.25, 0.3) is 5.91 Å². The van der Waals surface area contributed by atoms with E-state index < -0.39 is 5.91 Å². The number of hydrogen-bond acceptors (Lipinski definition) is 6. The molecule has 0 aliphatic carbocycles. The zero-order valence-electron chi connectivity index (χ0n) is 14.2. The Morgan fingerprint density at radius 1 is 1.25 bits per heavy atom. The molecule has 130 valence electrons. The minimum absolute atomic E-state index is 0.0297. The fourth-order valence-electron chi connectivity index (χ4n) is 1.81. The highest BCUT2D eigenvalue weighted by Crippen LogP contribution is 2.30. The van der Waals surface area contributed by atoms with Crippen LogP contribution in [-0.4, -0.2) is 39.4 Å². The summed E-state index contributed by atoms with van der Waals surface area (Å²) in [7, 11) is 1.54. The maximum Gasteiger partial charge on any atom is 0.263 e. The first-order chi connectivity index (χ1) is 11.7. The molecule has 0 fully saturated rings. The summed E-state index contributed by atoms with van der Waals surface area (Å²) in [5.74, 6) is 0.783. The van der Waals surface area contributed by atoms with Crippen molar-refractivity contribution in [3.63, 3.8) is 0 Å². The Balaban J connectivity index is 2.81. The minimum atomic E-state index is -0.460. The van der Waals surface area contributed by atoms with Crippen molar-refractivity contribution in [3.8, 4) is 17.6 Å². The molecule has 0 unspecified atom stereocenters. The SMILES string of the molecule is CCOc1ccc(N/C=C(/C#N)C(=O)NCCOC)cc1OCC. The number of ether oxygens (including phenoxy) is 3. The standard InChI is InChI=1S/C17H23N3O4/c1-4-23-15-7-6-14(10-16(15)24-5-2)20-12-13(11-18)17(21)19-8-9-22-3/h6-7,10,12,20H,4-5,8-9H2,1-3H3,(H,19,21)/b13-12-. The van der Waals surface area contributed by atoms with Crippen LogP contribution in [0.25, 0.3) is 0 Å². The highest BCUT2D eigenvalue weighted by Gasteiger charge is 2.09. The number of nitrogens with zero attached hydrogens (tertiary/aromatic N) is 1. The van der Waals surface area contributed by atoms with Crippen LogP contribution >= 0.6 is 0 Å². The Labute approximate surface area is 142 Å². The van der Waals surface area contributed by atoms with Gasteiger partial charge in [-0.25, -0.2) is 0 Å². The zero-order chi connectivity index (χ0) is 17.8. The molecule has 0 aliphatic rings. The van der Waals surface area contributed by atoms with E-state index in [1.165, 1.54) is 13.3 Å². The van der Waals surface area contributed by atoms with Crippen LogP contribution < -0.4 is 20.1 Å². The lowest BCUT2D eigenvalue weighted by atomic mass is 10.2. The second-order valence-corrected chi connectivity index (χ2v) is 4.59. The molecule has 1 amide bonds. The average Bonchev–Trinajstić information content (AvgIpc) is 2.58. The van der Waals surface area contributed by atoms with E-state index in [9.17, 15) is 4.79 Å². The van der Waals surface area contributed by atoms with Crippen LogP contribution in [0, 0.1) is 11.3 Å². The summed E-state index contributed by atoms with van der Waals surface area (Å²) in [6.45, 7) is 5.54. The lowest BCUT2D eigenvalue weighted by Gasteiger charge is -2.12. The molecular weight excluding hydrogens is 310 g/mol. The van der Waals surface area contributed by atoms with Gasteiger partial charge in [-0.2, -0.15) is 5.26 Å². The van der Waals surface area contributed by atoms with Gasteiger partial charge >= 0.3 is 0 Å². The van der Waals surface area contributed by atoms with Crippen LogP contribution in [0.3, 0.4) is 0 Å². The highest BCUT2D eigenvalue weighted by molar-refractivity contribution is 5.97. The van der Waals surface area contributed by atoms with Crippen LogP contribution in [0.5, 0.6) is 11.5 Å². The number of methoxy groups -OCH3 is 1. The molecule has 7 nitrogen and oxygen atoms in total. The quantitative estimate of drug-likeness (QED) is 0.387. The van der Waals surface area contributed by atoms with Crippen molar-refractivity contribution in [3.05, 3.63) is 30.0 Å². The van der Waals surface area contributed by atoms with Crippen molar-refractivity contribution >= 4 is 11.6 Å². The third-order valence-electron chi connectivity index (χ3n) is 2.88. The van der Waals surface area contributed by atoms with Gasteiger partial charge in [0.15, 0.2) is 11.5 Å². The predicted octanol–water partition coefficient (Wildman–Crippen LogP) is 2.07. The van der Waals surface area contributed by atoms with Gasteiger partial charge in [-0.3, -0.25) is 4.79 Å². The van der Waals surface area contributed by atoms with Gasteiger partial charge in [0.05, 0.1) is 19.8 Å². The van der Waals surface area contributed by atoms with Crippen molar-refractivity contribution < 1.29 is 19.0 Å². The first-order valence-electron chi connectivity index (χ1n) is 7.69. The summed E-state index contributed by atoms with van der Waals surface area (Å²) in [5, 5.41) is 14.6. The van der Waals surface area contributed by atoms with Gasteiger partial charge in [0, 0.05) is 31.6 Å². The maximum atomic E-state index is 11.8. The van der Waals surface area contributed by atoms with Gasteiger partial charge in [-0.1, -0.05) is 0 Å². The molecule has 0 radical (unpaired) electrons. The number of hydrogen-bond donors (Lipinski definition) is 2. The van der Waals surface area contributed by atoms with E-state index in [1.54, 1.807) is 18.2 Å². The Morgan fingerprint density at radius 2 is 1.96 bits per heavy atom. The van der Waals surface area contributed by atoms with Crippen molar-refractivity contribution in [2.75, 3.05) is 38.8 Å². The monoisotopic (exact) mass is 333 g/mol. The number of carbonyl (C=O) groups is 1. The largest absolute Gasteiger partial charge is 0.490 e. The molecule has 24 heavy (non-hydrogen) atoms. The molecule has 0 aliphatic heterocycles. The Kier molecular flexibility index (Phi) is 8.79. The topological polar surface area (TPSA) is 92.6 Å². The molecule has 1 aromatic rings. The van der Waals surface area contributed by atoms with Crippen LogP contribution in [0.15, 0.2) is 30.0 Å². The first kappa shape index (κ1) is 19.3. The average molecular weight is 333 g/mol. The smallest absolute Gasteiger partial charge is 0.263 e. The van der Waals surface area contributed by atoms with Crippen molar-refractivity contribution in [2.45, 2.75) is 13.8 Å². The summed E-state index contributed by atoms with van der Waals surface area (Å²) in [6, 6.07) is 7.17. The van der Waals surface area contributed by atoms with Crippen LogP contribution in [0.1, 0.15) is 13.8 Å². The Bertz CT molecular complexity index is 608. The second kappa shape index (κ2) is 10.9. The molecule has 0 saturated heterocycles. The van der Waals surface area contributed by atoms with E-state index in [0.717, 1.165) is 0 Å². The normalized spacial score (nSPS) is 10.7. The number of anilines is 1.